The normalized spacial score (nSPS) is 55.2. The monoisotopic (exact) mass is 180 g/mol. The van der Waals surface area contributed by atoms with Crippen molar-refractivity contribution in [3.63, 3.8) is 0 Å². The standard InChI is InChI=1S/C13H24/c1-6-9(2)7-13-8-12(13,5)10(3)11(13)4/h9-11H,6-8H2,1-5H3. The smallest absolute Gasteiger partial charge is 0.0204 e. The van der Waals surface area contributed by atoms with Crippen molar-refractivity contribution in [2.24, 2.45) is 28.6 Å². The van der Waals surface area contributed by atoms with Gasteiger partial charge in [-0.15, -0.1) is 0 Å². The van der Waals surface area contributed by atoms with Crippen LogP contribution in [0.25, 0.3) is 0 Å². The molecule has 0 nitrogen and oxygen atoms in total. The Morgan fingerprint density at radius 1 is 1.31 bits per heavy atom. The van der Waals surface area contributed by atoms with Crippen LogP contribution in [0, 0.1) is 28.6 Å². The first-order valence-corrected chi connectivity index (χ1v) is 5.98. The molecule has 2 rings (SSSR count). The van der Waals surface area contributed by atoms with Crippen molar-refractivity contribution in [2.75, 3.05) is 0 Å². The third-order valence-corrected chi connectivity index (χ3v) is 5.73. The molecule has 0 amide bonds. The quantitative estimate of drug-likeness (QED) is 0.613. The highest BCUT2D eigenvalue weighted by Gasteiger charge is 2.77. The van der Waals surface area contributed by atoms with Crippen LogP contribution in [0.1, 0.15) is 53.9 Å². The summed E-state index contributed by atoms with van der Waals surface area (Å²) < 4.78 is 0. The third kappa shape index (κ3) is 0.926. The van der Waals surface area contributed by atoms with Crippen molar-refractivity contribution in [1.29, 1.82) is 0 Å². The summed E-state index contributed by atoms with van der Waals surface area (Å²) in [5, 5.41) is 0. The zero-order chi connectivity index (χ0) is 9.85. The van der Waals surface area contributed by atoms with Gasteiger partial charge in [-0.05, 0) is 41.4 Å². The number of hydrogen-bond acceptors (Lipinski definition) is 0. The zero-order valence-corrected chi connectivity index (χ0v) is 9.85. The van der Waals surface area contributed by atoms with E-state index in [2.05, 4.69) is 34.6 Å². The van der Waals surface area contributed by atoms with Crippen LogP contribution in [-0.2, 0) is 0 Å². The topological polar surface area (TPSA) is 0 Å². The molecule has 2 fully saturated rings. The number of fused-ring (bicyclic) bond motifs is 1. The van der Waals surface area contributed by atoms with Crippen LogP contribution in [0.5, 0.6) is 0 Å². The van der Waals surface area contributed by atoms with E-state index in [1.54, 1.807) is 0 Å². The summed E-state index contributed by atoms with van der Waals surface area (Å²) >= 11 is 0. The number of hydrogen-bond donors (Lipinski definition) is 0. The lowest BCUT2D eigenvalue weighted by molar-refractivity contribution is -0.000880. The second-order valence-electron chi connectivity index (χ2n) is 6.05. The zero-order valence-electron chi connectivity index (χ0n) is 9.85. The van der Waals surface area contributed by atoms with Gasteiger partial charge in [0.25, 0.3) is 0 Å². The molecule has 2 aliphatic rings. The Hall–Kier alpha value is 0. The van der Waals surface area contributed by atoms with Crippen molar-refractivity contribution in [3.05, 3.63) is 0 Å². The maximum atomic E-state index is 2.51. The molecule has 0 heterocycles. The average Bonchev–Trinajstić information content (AvgIpc) is 2.67. The third-order valence-electron chi connectivity index (χ3n) is 5.73. The van der Waals surface area contributed by atoms with E-state index in [0.29, 0.717) is 0 Å². The number of rotatable bonds is 3. The molecule has 0 saturated heterocycles. The lowest BCUT2D eigenvalue weighted by Gasteiger charge is -2.48. The molecule has 0 radical (unpaired) electrons. The van der Waals surface area contributed by atoms with E-state index in [4.69, 9.17) is 0 Å². The Kier molecular flexibility index (Phi) is 1.85. The first kappa shape index (κ1) is 9.55. The van der Waals surface area contributed by atoms with E-state index in [0.717, 1.165) is 28.6 Å². The van der Waals surface area contributed by atoms with Gasteiger partial charge in [-0.25, -0.2) is 0 Å². The van der Waals surface area contributed by atoms with Gasteiger partial charge in [0.2, 0.25) is 0 Å². The van der Waals surface area contributed by atoms with Crippen molar-refractivity contribution in [3.8, 4) is 0 Å². The van der Waals surface area contributed by atoms with Crippen molar-refractivity contribution < 1.29 is 0 Å². The first-order valence-electron chi connectivity index (χ1n) is 5.98. The molecule has 0 heteroatoms. The first-order chi connectivity index (χ1) is 5.98. The van der Waals surface area contributed by atoms with Gasteiger partial charge in [-0.3, -0.25) is 0 Å². The Morgan fingerprint density at radius 3 is 2.31 bits per heavy atom. The van der Waals surface area contributed by atoms with Gasteiger partial charge in [0.15, 0.2) is 0 Å². The van der Waals surface area contributed by atoms with Crippen molar-refractivity contribution >= 4 is 0 Å². The van der Waals surface area contributed by atoms with Gasteiger partial charge in [0.1, 0.15) is 0 Å². The second-order valence-corrected chi connectivity index (χ2v) is 6.05. The average molecular weight is 180 g/mol. The van der Waals surface area contributed by atoms with E-state index in [-0.39, 0.29) is 0 Å². The van der Waals surface area contributed by atoms with Gasteiger partial charge < -0.3 is 0 Å². The van der Waals surface area contributed by atoms with E-state index < -0.39 is 0 Å². The maximum absolute atomic E-state index is 2.51. The molecule has 5 atom stereocenters. The van der Waals surface area contributed by atoms with E-state index >= 15 is 0 Å². The fourth-order valence-electron chi connectivity index (χ4n) is 4.10. The van der Waals surface area contributed by atoms with Gasteiger partial charge >= 0.3 is 0 Å². The van der Waals surface area contributed by atoms with Crippen LogP contribution in [-0.4, -0.2) is 0 Å². The SMILES string of the molecule is CCC(C)CC12CC1(C)C(C)C2C. The highest BCUT2D eigenvalue weighted by molar-refractivity contribution is 5.26. The summed E-state index contributed by atoms with van der Waals surface area (Å²) in [5.74, 6) is 2.92. The van der Waals surface area contributed by atoms with Crippen LogP contribution < -0.4 is 0 Å². The molecule has 0 aromatic carbocycles. The molecular weight excluding hydrogens is 156 g/mol. The Morgan fingerprint density at radius 2 is 1.92 bits per heavy atom. The van der Waals surface area contributed by atoms with Gasteiger partial charge in [0, 0.05) is 0 Å². The minimum atomic E-state index is 0.746. The van der Waals surface area contributed by atoms with Crippen molar-refractivity contribution in [1.82, 2.24) is 0 Å². The Labute approximate surface area is 83.1 Å². The molecular formula is C13H24. The minimum Gasteiger partial charge on any atom is -0.0651 e. The minimum absolute atomic E-state index is 0.746. The summed E-state index contributed by atoms with van der Waals surface area (Å²) in [6.07, 6.45) is 4.37. The molecule has 76 valence electrons. The summed E-state index contributed by atoms with van der Waals surface area (Å²) in [4.78, 5) is 0. The van der Waals surface area contributed by atoms with Crippen molar-refractivity contribution in [2.45, 2.75) is 53.9 Å². The summed E-state index contributed by atoms with van der Waals surface area (Å²) in [6.45, 7) is 12.2. The maximum Gasteiger partial charge on any atom is -0.0204 e. The molecule has 0 bridgehead atoms. The fraction of sp³-hybridized carbons (Fsp3) is 1.00. The summed E-state index contributed by atoms with van der Waals surface area (Å²) in [7, 11) is 0. The molecule has 2 aliphatic carbocycles. The highest BCUT2D eigenvalue weighted by atomic mass is 14.8. The second kappa shape index (κ2) is 2.52. The molecule has 2 saturated carbocycles. The van der Waals surface area contributed by atoms with Crippen LogP contribution in [0.4, 0.5) is 0 Å². The predicted molar refractivity (Wildman–Crippen MR) is 57.6 cm³/mol. The van der Waals surface area contributed by atoms with Gasteiger partial charge in [-0.2, -0.15) is 0 Å². The highest BCUT2D eigenvalue weighted by Crippen LogP contribution is 2.84. The van der Waals surface area contributed by atoms with Crippen LogP contribution in [0.2, 0.25) is 0 Å². The van der Waals surface area contributed by atoms with E-state index in [1.165, 1.54) is 19.3 Å². The van der Waals surface area contributed by atoms with E-state index in [1.807, 2.05) is 0 Å². The molecule has 5 unspecified atom stereocenters. The van der Waals surface area contributed by atoms with Gasteiger partial charge in [-0.1, -0.05) is 41.0 Å². The summed E-state index contributed by atoms with van der Waals surface area (Å²) in [6, 6.07) is 0. The lowest BCUT2D eigenvalue weighted by atomic mass is 9.57. The fourth-order valence-corrected chi connectivity index (χ4v) is 4.10. The molecule has 0 spiro atoms. The van der Waals surface area contributed by atoms with Crippen LogP contribution in [0.3, 0.4) is 0 Å². The molecule has 0 aromatic heterocycles. The van der Waals surface area contributed by atoms with Gasteiger partial charge in [0.05, 0.1) is 0 Å². The molecule has 0 aliphatic heterocycles. The summed E-state index contributed by atoms with van der Waals surface area (Å²) in [5.41, 5.74) is 1.53. The van der Waals surface area contributed by atoms with Crippen LogP contribution >= 0.6 is 0 Å². The Bertz CT molecular complexity index is 220. The lowest BCUT2D eigenvalue weighted by Crippen LogP contribution is -2.42. The largest absolute Gasteiger partial charge is 0.0651 e. The molecule has 0 N–H and O–H groups in total. The van der Waals surface area contributed by atoms with E-state index in [9.17, 15) is 0 Å². The Balaban J connectivity index is 2.02. The molecule has 0 aromatic rings. The molecule has 13 heavy (non-hydrogen) atoms. The van der Waals surface area contributed by atoms with Crippen LogP contribution in [0.15, 0.2) is 0 Å². The predicted octanol–water partition coefficient (Wildman–Crippen LogP) is 4.10.